The largest absolute Gasteiger partial charge is 0.385 e. The molecule has 0 aliphatic carbocycles. The molecule has 0 aliphatic rings. The van der Waals surface area contributed by atoms with E-state index in [0.29, 0.717) is 5.56 Å². The molecular formula is C15H23N3O2. The fourth-order valence-electron chi connectivity index (χ4n) is 1.78. The maximum absolute atomic E-state index is 12.2. The SMILES string of the molecule is CCNc1ccccc1C(=O)NC(C)C(=O)NC(C)C. The molecule has 1 atom stereocenters. The van der Waals surface area contributed by atoms with Gasteiger partial charge in [-0.05, 0) is 39.8 Å². The van der Waals surface area contributed by atoms with Gasteiger partial charge in [0.25, 0.3) is 5.91 Å². The van der Waals surface area contributed by atoms with E-state index in [9.17, 15) is 9.59 Å². The molecule has 1 unspecified atom stereocenters. The van der Waals surface area contributed by atoms with Crippen molar-refractivity contribution < 1.29 is 9.59 Å². The second-order valence-electron chi connectivity index (χ2n) is 4.93. The Morgan fingerprint density at radius 1 is 1.10 bits per heavy atom. The average Bonchev–Trinajstić information content (AvgIpc) is 2.38. The van der Waals surface area contributed by atoms with Gasteiger partial charge >= 0.3 is 0 Å². The van der Waals surface area contributed by atoms with Gasteiger partial charge in [-0.25, -0.2) is 0 Å². The Kier molecular flexibility index (Phi) is 6.03. The van der Waals surface area contributed by atoms with Gasteiger partial charge in [0.05, 0.1) is 5.56 Å². The first-order chi connectivity index (χ1) is 9.45. The highest BCUT2D eigenvalue weighted by Crippen LogP contribution is 2.14. The third-order valence-electron chi connectivity index (χ3n) is 2.71. The third kappa shape index (κ3) is 4.57. The van der Waals surface area contributed by atoms with Crippen molar-refractivity contribution in [2.75, 3.05) is 11.9 Å². The molecule has 0 radical (unpaired) electrons. The van der Waals surface area contributed by atoms with Crippen LogP contribution in [0.5, 0.6) is 0 Å². The van der Waals surface area contributed by atoms with Gasteiger partial charge in [0, 0.05) is 18.3 Å². The number of para-hydroxylation sites is 1. The molecule has 0 spiro atoms. The lowest BCUT2D eigenvalue weighted by molar-refractivity contribution is -0.123. The van der Waals surface area contributed by atoms with Crippen molar-refractivity contribution in [3.05, 3.63) is 29.8 Å². The van der Waals surface area contributed by atoms with Crippen LogP contribution in [0.25, 0.3) is 0 Å². The van der Waals surface area contributed by atoms with Gasteiger partial charge in [0.2, 0.25) is 5.91 Å². The smallest absolute Gasteiger partial charge is 0.254 e. The normalized spacial score (nSPS) is 11.8. The molecule has 1 rings (SSSR count). The summed E-state index contributed by atoms with van der Waals surface area (Å²) in [4.78, 5) is 24.0. The molecule has 1 aromatic carbocycles. The number of hydrogen-bond donors (Lipinski definition) is 3. The Labute approximate surface area is 120 Å². The van der Waals surface area contributed by atoms with Crippen LogP contribution in [0.4, 0.5) is 5.69 Å². The summed E-state index contributed by atoms with van der Waals surface area (Å²) >= 11 is 0. The van der Waals surface area contributed by atoms with E-state index in [1.165, 1.54) is 0 Å². The maximum Gasteiger partial charge on any atom is 0.254 e. The molecule has 3 N–H and O–H groups in total. The lowest BCUT2D eigenvalue weighted by Gasteiger charge is -2.17. The minimum Gasteiger partial charge on any atom is -0.385 e. The number of carbonyl (C=O) groups is 2. The van der Waals surface area contributed by atoms with Gasteiger partial charge in [-0.15, -0.1) is 0 Å². The fraction of sp³-hybridized carbons (Fsp3) is 0.467. The van der Waals surface area contributed by atoms with Gasteiger partial charge in [-0.3, -0.25) is 9.59 Å². The van der Waals surface area contributed by atoms with Crippen molar-refractivity contribution in [3.8, 4) is 0 Å². The van der Waals surface area contributed by atoms with Crippen LogP contribution in [-0.2, 0) is 4.79 Å². The van der Waals surface area contributed by atoms with Crippen molar-refractivity contribution in [2.24, 2.45) is 0 Å². The van der Waals surface area contributed by atoms with E-state index >= 15 is 0 Å². The number of carbonyl (C=O) groups excluding carboxylic acids is 2. The molecule has 5 nitrogen and oxygen atoms in total. The summed E-state index contributed by atoms with van der Waals surface area (Å²) in [5.74, 6) is -0.442. The van der Waals surface area contributed by atoms with Crippen LogP contribution in [0.1, 0.15) is 38.1 Å². The molecule has 0 heterocycles. The summed E-state index contributed by atoms with van der Waals surface area (Å²) in [5.41, 5.74) is 1.31. The standard InChI is InChI=1S/C15H23N3O2/c1-5-16-13-9-7-6-8-12(13)15(20)18-11(4)14(19)17-10(2)3/h6-11,16H,5H2,1-4H3,(H,17,19)(H,18,20). The first-order valence-electron chi connectivity index (χ1n) is 6.89. The topological polar surface area (TPSA) is 70.2 Å². The summed E-state index contributed by atoms with van der Waals surface area (Å²) in [7, 11) is 0. The fourth-order valence-corrected chi connectivity index (χ4v) is 1.78. The Hall–Kier alpha value is -2.04. The number of amides is 2. The van der Waals surface area contributed by atoms with Crippen LogP contribution in [-0.4, -0.2) is 30.4 Å². The summed E-state index contributed by atoms with van der Waals surface area (Å²) in [5, 5.41) is 8.61. The van der Waals surface area contributed by atoms with Gasteiger partial charge in [0.15, 0.2) is 0 Å². The molecular weight excluding hydrogens is 254 g/mol. The van der Waals surface area contributed by atoms with Gasteiger partial charge in [0.1, 0.15) is 6.04 Å². The number of hydrogen-bond acceptors (Lipinski definition) is 3. The van der Waals surface area contributed by atoms with Crippen LogP contribution in [0.3, 0.4) is 0 Å². The summed E-state index contributed by atoms with van der Waals surface area (Å²) < 4.78 is 0. The van der Waals surface area contributed by atoms with Gasteiger partial charge in [-0.2, -0.15) is 0 Å². The lowest BCUT2D eigenvalue weighted by atomic mass is 10.1. The van der Waals surface area contributed by atoms with Crippen molar-refractivity contribution in [3.63, 3.8) is 0 Å². The molecule has 0 saturated carbocycles. The molecule has 0 fully saturated rings. The molecule has 110 valence electrons. The van der Waals surface area contributed by atoms with Crippen LogP contribution in [0.2, 0.25) is 0 Å². The molecule has 2 amide bonds. The second-order valence-corrected chi connectivity index (χ2v) is 4.93. The van der Waals surface area contributed by atoms with Crippen molar-refractivity contribution in [1.29, 1.82) is 0 Å². The van der Waals surface area contributed by atoms with E-state index in [2.05, 4.69) is 16.0 Å². The summed E-state index contributed by atoms with van der Waals surface area (Å²) in [6.45, 7) is 8.13. The zero-order valence-corrected chi connectivity index (χ0v) is 12.5. The number of rotatable bonds is 6. The highest BCUT2D eigenvalue weighted by atomic mass is 16.2. The van der Waals surface area contributed by atoms with E-state index in [1.54, 1.807) is 19.1 Å². The van der Waals surface area contributed by atoms with E-state index in [0.717, 1.165) is 12.2 Å². The molecule has 0 bridgehead atoms. The van der Waals surface area contributed by atoms with E-state index < -0.39 is 6.04 Å². The maximum atomic E-state index is 12.2. The Morgan fingerprint density at radius 2 is 1.75 bits per heavy atom. The monoisotopic (exact) mass is 277 g/mol. The van der Waals surface area contributed by atoms with E-state index in [4.69, 9.17) is 0 Å². The lowest BCUT2D eigenvalue weighted by Crippen LogP contribution is -2.46. The zero-order valence-electron chi connectivity index (χ0n) is 12.5. The number of nitrogens with one attached hydrogen (secondary N) is 3. The van der Waals surface area contributed by atoms with E-state index in [1.807, 2.05) is 32.9 Å². The third-order valence-corrected chi connectivity index (χ3v) is 2.71. The van der Waals surface area contributed by atoms with Crippen LogP contribution >= 0.6 is 0 Å². The van der Waals surface area contributed by atoms with Crippen molar-refractivity contribution in [2.45, 2.75) is 39.8 Å². The molecule has 5 heteroatoms. The second kappa shape index (κ2) is 7.53. The highest BCUT2D eigenvalue weighted by Gasteiger charge is 2.18. The molecule has 1 aromatic rings. The van der Waals surface area contributed by atoms with Gasteiger partial charge in [-0.1, -0.05) is 12.1 Å². The minimum atomic E-state index is -0.570. The number of benzene rings is 1. The van der Waals surface area contributed by atoms with Gasteiger partial charge < -0.3 is 16.0 Å². The molecule has 0 aromatic heterocycles. The summed E-state index contributed by atoms with van der Waals surface area (Å²) in [6.07, 6.45) is 0. The molecule has 0 saturated heterocycles. The quantitative estimate of drug-likeness (QED) is 0.742. The molecule has 20 heavy (non-hydrogen) atoms. The number of anilines is 1. The van der Waals surface area contributed by atoms with Crippen molar-refractivity contribution in [1.82, 2.24) is 10.6 Å². The zero-order chi connectivity index (χ0) is 15.1. The molecule has 0 aliphatic heterocycles. The Morgan fingerprint density at radius 3 is 2.35 bits per heavy atom. The van der Waals surface area contributed by atoms with Crippen LogP contribution in [0, 0.1) is 0 Å². The Balaban J connectivity index is 2.73. The predicted molar refractivity (Wildman–Crippen MR) is 80.8 cm³/mol. The predicted octanol–water partition coefficient (Wildman–Crippen LogP) is 1.76. The Bertz CT molecular complexity index is 472. The van der Waals surface area contributed by atoms with E-state index in [-0.39, 0.29) is 17.9 Å². The first kappa shape index (κ1) is 16.0. The minimum absolute atomic E-state index is 0.0518. The highest BCUT2D eigenvalue weighted by molar-refractivity contribution is 6.01. The van der Waals surface area contributed by atoms with Crippen LogP contribution in [0.15, 0.2) is 24.3 Å². The van der Waals surface area contributed by atoms with Crippen molar-refractivity contribution >= 4 is 17.5 Å². The summed E-state index contributed by atoms with van der Waals surface area (Å²) in [6, 6.07) is 6.73. The first-order valence-corrected chi connectivity index (χ1v) is 6.89. The average molecular weight is 277 g/mol. The van der Waals surface area contributed by atoms with Crippen LogP contribution < -0.4 is 16.0 Å².